The molecule has 0 spiro atoms. The Balaban J connectivity index is 2.33. The molecule has 0 aliphatic carbocycles. The van der Waals surface area contributed by atoms with Crippen LogP contribution in [0.3, 0.4) is 0 Å². The molecule has 1 fully saturated rings. The highest BCUT2D eigenvalue weighted by molar-refractivity contribution is 7.93. The molecule has 0 aromatic rings. The van der Waals surface area contributed by atoms with Gasteiger partial charge in [0.15, 0.2) is 0 Å². The van der Waals surface area contributed by atoms with E-state index in [1.807, 2.05) is 0 Å². The molecular weight excluding hydrogens is 252 g/mol. The van der Waals surface area contributed by atoms with Gasteiger partial charge >= 0.3 is 0 Å². The molecule has 1 aliphatic rings. The van der Waals surface area contributed by atoms with Gasteiger partial charge in [-0.05, 0) is 19.4 Å². The standard InChI is InChI=1S/C8H18N2O4S2/c1-15(11,12)5-6-16(13,14)10-7-8-3-2-4-9-8/h8-10H,2-7H2,1H3. The average Bonchev–Trinajstić information content (AvgIpc) is 2.64. The van der Waals surface area contributed by atoms with Crippen molar-refractivity contribution in [3.8, 4) is 0 Å². The molecule has 0 saturated carbocycles. The Labute approximate surface area is 96.8 Å². The summed E-state index contributed by atoms with van der Waals surface area (Å²) >= 11 is 0. The highest BCUT2D eigenvalue weighted by atomic mass is 32.2. The average molecular weight is 270 g/mol. The predicted octanol–water partition coefficient (Wildman–Crippen LogP) is -1.30. The lowest BCUT2D eigenvalue weighted by atomic mass is 10.2. The first-order chi connectivity index (χ1) is 7.29. The maximum atomic E-state index is 11.4. The number of hydrogen-bond acceptors (Lipinski definition) is 5. The van der Waals surface area contributed by atoms with Crippen LogP contribution < -0.4 is 10.0 Å². The fourth-order valence-corrected chi connectivity index (χ4v) is 4.18. The molecule has 2 N–H and O–H groups in total. The second-order valence-corrected chi connectivity index (χ2v) is 8.28. The fourth-order valence-electron chi connectivity index (χ4n) is 1.49. The summed E-state index contributed by atoms with van der Waals surface area (Å²) in [4.78, 5) is 0. The Kier molecular flexibility index (Phi) is 4.72. The summed E-state index contributed by atoms with van der Waals surface area (Å²) in [5, 5.41) is 3.16. The Morgan fingerprint density at radius 2 is 1.94 bits per heavy atom. The second kappa shape index (κ2) is 5.44. The molecule has 1 aliphatic heterocycles. The minimum absolute atomic E-state index is 0.174. The lowest BCUT2D eigenvalue weighted by molar-refractivity contribution is 0.551. The highest BCUT2D eigenvalue weighted by Gasteiger charge is 2.18. The SMILES string of the molecule is CS(=O)(=O)CCS(=O)(=O)NCC1CCCN1. The number of sulfonamides is 1. The van der Waals surface area contributed by atoms with Crippen molar-refractivity contribution >= 4 is 19.9 Å². The van der Waals surface area contributed by atoms with Crippen molar-refractivity contribution in [2.24, 2.45) is 0 Å². The van der Waals surface area contributed by atoms with E-state index in [9.17, 15) is 16.8 Å². The Bertz CT molecular complexity index is 409. The van der Waals surface area contributed by atoms with E-state index in [-0.39, 0.29) is 17.5 Å². The summed E-state index contributed by atoms with van der Waals surface area (Å²) in [5.41, 5.74) is 0. The largest absolute Gasteiger partial charge is 0.313 e. The first kappa shape index (κ1) is 13.9. The number of nitrogens with one attached hydrogen (secondary N) is 2. The summed E-state index contributed by atoms with van der Waals surface area (Å²) in [6, 6.07) is 0.174. The zero-order valence-corrected chi connectivity index (χ0v) is 10.9. The van der Waals surface area contributed by atoms with E-state index < -0.39 is 19.9 Å². The van der Waals surface area contributed by atoms with E-state index in [1.165, 1.54) is 0 Å². The Hall–Kier alpha value is -0.180. The molecule has 0 bridgehead atoms. The molecule has 1 atom stereocenters. The van der Waals surface area contributed by atoms with E-state index in [1.54, 1.807) is 0 Å². The van der Waals surface area contributed by atoms with Gasteiger partial charge in [-0.2, -0.15) is 0 Å². The van der Waals surface area contributed by atoms with Gasteiger partial charge in [0.2, 0.25) is 10.0 Å². The third-order valence-corrected chi connectivity index (χ3v) is 4.99. The van der Waals surface area contributed by atoms with Crippen molar-refractivity contribution in [2.45, 2.75) is 18.9 Å². The van der Waals surface area contributed by atoms with Gasteiger partial charge in [-0.1, -0.05) is 0 Å². The number of rotatable bonds is 6. The van der Waals surface area contributed by atoms with E-state index >= 15 is 0 Å². The third-order valence-electron chi connectivity index (χ3n) is 2.43. The predicted molar refractivity (Wildman–Crippen MR) is 62.5 cm³/mol. The van der Waals surface area contributed by atoms with Gasteiger partial charge in [-0.3, -0.25) is 0 Å². The maximum Gasteiger partial charge on any atom is 0.212 e. The van der Waals surface area contributed by atoms with E-state index in [2.05, 4.69) is 10.0 Å². The van der Waals surface area contributed by atoms with Crippen LogP contribution in [0.4, 0.5) is 0 Å². The summed E-state index contributed by atoms with van der Waals surface area (Å²) in [7, 11) is -6.70. The quantitative estimate of drug-likeness (QED) is 0.626. The van der Waals surface area contributed by atoms with Crippen LogP contribution in [0.1, 0.15) is 12.8 Å². The summed E-state index contributed by atoms with van der Waals surface area (Å²) < 4.78 is 46.9. The van der Waals surface area contributed by atoms with Gasteiger partial charge in [0.25, 0.3) is 0 Å². The van der Waals surface area contributed by atoms with Crippen molar-refractivity contribution in [3.63, 3.8) is 0 Å². The van der Waals surface area contributed by atoms with E-state index in [4.69, 9.17) is 0 Å². The molecule has 96 valence electrons. The lowest BCUT2D eigenvalue weighted by Gasteiger charge is -2.11. The Morgan fingerprint density at radius 3 is 2.44 bits per heavy atom. The van der Waals surface area contributed by atoms with Crippen LogP contribution >= 0.6 is 0 Å². The number of hydrogen-bond donors (Lipinski definition) is 2. The molecular formula is C8H18N2O4S2. The smallest absolute Gasteiger partial charge is 0.212 e. The lowest BCUT2D eigenvalue weighted by Crippen LogP contribution is -2.39. The minimum Gasteiger partial charge on any atom is -0.313 e. The van der Waals surface area contributed by atoms with Crippen molar-refractivity contribution in [2.75, 3.05) is 30.9 Å². The van der Waals surface area contributed by atoms with Gasteiger partial charge in [0.1, 0.15) is 9.84 Å². The molecule has 1 rings (SSSR count). The summed E-state index contributed by atoms with van der Waals surface area (Å²) in [6.07, 6.45) is 3.03. The zero-order valence-electron chi connectivity index (χ0n) is 9.27. The van der Waals surface area contributed by atoms with E-state index in [0.29, 0.717) is 6.54 Å². The normalized spacial score (nSPS) is 22.4. The highest BCUT2D eigenvalue weighted by Crippen LogP contribution is 2.03. The van der Waals surface area contributed by atoms with Crippen LogP contribution in [-0.2, 0) is 19.9 Å². The van der Waals surface area contributed by atoms with Crippen LogP contribution in [-0.4, -0.2) is 53.7 Å². The van der Waals surface area contributed by atoms with Crippen molar-refractivity contribution in [1.82, 2.24) is 10.0 Å². The Morgan fingerprint density at radius 1 is 1.25 bits per heavy atom. The molecule has 8 heteroatoms. The molecule has 1 heterocycles. The molecule has 0 aromatic carbocycles. The number of sulfone groups is 1. The molecule has 0 amide bonds. The molecule has 6 nitrogen and oxygen atoms in total. The molecule has 1 saturated heterocycles. The van der Waals surface area contributed by atoms with Gasteiger partial charge in [-0.25, -0.2) is 21.6 Å². The van der Waals surface area contributed by atoms with Gasteiger partial charge < -0.3 is 5.32 Å². The first-order valence-corrected chi connectivity index (χ1v) is 8.88. The summed E-state index contributed by atoms with van der Waals surface area (Å²) in [5.74, 6) is -0.695. The van der Waals surface area contributed by atoms with Crippen LogP contribution in [0.2, 0.25) is 0 Å². The molecule has 1 unspecified atom stereocenters. The minimum atomic E-state index is -3.47. The fraction of sp³-hybridized carbons (Fsp3) is 1.00. The topological polar surface area (TPSA) is 92.3 Å². The third kappa shape index (κ3) is 5.78. The van der Waals surface area contributed by atoms with Crippen molar-refractivity contribution in [1.29, 1.82) is 0 Å². The zero-order chi connectivity index (χ0) is 12.2. The van der Waals surface area contributed by atoms with Crippen molar-refractivity contribution in [3.05, 3.63) is 0 Å². The monoisotopic (exact) mass is 270 g/mol. The molecule has 0 aromatic heterocycles. The van der Waals surface area contributed by atoms with E-state index in [0.717, 1.165) is 25.6 Å². The van der Waals surface area contributed by atoms with Crippen LogP contribution in [0.5, 0.6) is 0 Å². The van der Waals surface area contributed by atoms with Gasteiger partial charge in [0.05, 0.1) is 11.5 Å². The van der Waals surface area contributed by atoms with Gasteiger partial charge in [-0.15, -0.1) is 0 Å². The van der Waals surface area contributed by atoms with Crippen LogP contribution in [0.25, 0.3) is 0 Å². The van der Waals surface area contributed by atoms with Crippen LogP contribution in [0.15, 0.2) is 0 Å². The molecule has 16 heavy (non-hydrogen) atoms. The van der Waals surface area contributed by atoms with Gasteiger partial charge in [0, 0.05) is 18.8 Å². The van der Waals surface area contributed by atoms with Crippen molar-refractivity contribution < 1.29 is 16.8 Å². The second-order valence-electron chi connectivity index (χ2n) is 4.09. The summed E-state index contributed by atoms with van der Waals surface area (Å²) in [6.45, 7) is 1.25. The first-order valence-electron chi connectivity index (χ1n) is 5.17. The van der Waals surface area contributed by atoms with Crippen LogP contribution in [0, 0.1) is 0 Å². The molecule has 0 radical (unpaired) electrons. The maximum absolute atomic E-state index is 11.4.